The quantitative estimate of drug-likeness (QED) is 0.722. The molecule has 1 fully saturated rings. The van der Waals surface area contributed by atoms with E-state index in [0.29, 0.717) is 0 Å². The highest BCUT2D eigenvalue weighted by Crippen LogP contribution is 2.24. The van der Waals surface area contributed by atoms with Crippen LogP contribution in [-0.2, 0) is 5.54 Å². The lowest BCUT2D eigenvalue weighted by molar-refractivity contribution is 0.140. The van der Waals surface area contributed by atoms with Crippen LogP contribution in [0.3, 0.4) is 0 Å². The van der Waals surface area contributed by atoms with E-state index in [1.807, 2.05) is 0 Å². The van der Waals surface area contributed by atoms with Crippen LogP contribution in [0.2, 0.25) is 0 Å². The summed E-state index contributed by atoms with van der Waals surface area (Å²) in [6.45, 7) is 9.31. The number of unbranched alkanes of at least 4 members (excludes halogenated alkanes) is 5. The minimum atomic E-state index is 0.113. The summed E-state index contributed by atoms with van der Waals surface area (Å²) in [5.41, 5.74) is 1.53. The molecule has 2 heteroatoms. The van der Waals surface area contributed by atoms with Gasteiger partial charge in [0.1, 0.15) is 0 Å². The Morgan fingerprint density at radius 3 is 2.52 bits per heavy atom. The highest BCUT2D eigenvalue weighted by atomic mass is 15.2. The molecule has 21 heavy (non-hydrogen) atoms. The standard InChI is InChI=1S/C19H32N2/c1-3-4-5-6-7-11-15-21-16-14-20-19(2,17-21)18-12-9-8-10-13-18/h8-10,12-13,20H,3-7,11,14-17H2,1-2H3. The molecule has 1 heterocycles. The van der Waals surface area contributed by atoms with Crippen LogP contribution in [0.1, 0.15) is 57.9 Å². The van der Waals surface area contributed by atoms with Gasteiger partial charge in [-0.15, -0.1) is 0 Å². The van der Waals surface area contributed by atoms with Gasteiger partial charge in [-0.1, -0.05) is 69.4 Å². The van der Waals surface area contributed by atoms with E-state index in [2.05, 4.69) is 54.4 Å². The average Bonchev–Trinajstić information content (AvgIpc) is 2.52. The fourth-order valence-corrected chi connectivity index (χ4v) is 3.38. The molecule has 0 spiro atoms. The zero-order chi connectivity index (χ0) is 15.0. The molecule has 0 saturated carbocycles. The van der Waals surface area contributed by atoms with Crippen molar-refractivity contribution < 1.29 is 0 Å². The smallest absolute Gasteiger partial charge is 0.0535 e. The van der Waals surface area contributed by atoms with Gasteiger partial charge in [0.05, 0.1) is 5.54 Å². The highest BCUT2D eigenvalue weighted by Gasteiger charge is 2.31. The number of hydrogen-bond donors (Lipinski definition) is 1. The van der Waals surface area contributed by atoms with Gasteiger partial charge in [0, 0.05) is 19.6 Å². The first kappa shape index (κ1) is 16.5. The van der Waals surface area contributed by atoms with E-state index in [4.69, 9.17) is 0 Å². The topological polar surface area (TPSA) is 15.3 Å². The summed E-state index contributed by atoms with van der Waals surface area (Å²) < 4.78 is 0. The maximum Gasteiger partial charge on any atom is 0.0535 e. The van der Waals surface area contributed by atoms with Crippen LogP contribution in [0.5, 0.6) is 0 Å². The normalized spacial score (nSPS) is 23.3. The lowest BCUT2D eigenvalue weighted by Gasteiger charge is -2.42. The number of nitrogens with one attached hydrogen (secondary N) is 1. The van der Waals surface area contributed by atoms with Crippen molar-refractivity contribution in [2.75, 3.05) is 26.2 Å². The molecule has 1 aliphatic heterocycles. The molecule has 1 unspecified atom stereocenters. The first-order chi connectivity index (χ1) is 10.2. The van der Waals surface area contributed by atoms with Gasteiger partial charge in [-0.2, -0.15) is 0 Å². The van der Waals surface area contributed by atoms with Gasteiger partial charge >= 0.3 is 0 Å². The monoisotopic (exact) mass is 288 g/mol. The number of hydrogen-bond acceptors (Lipinski definition) is 2. The Bertz CT molecular complexity index is 390. The second kappa shape index (κ2) is 8.55. The molecule has 1 aliphatic rings. The summed E-state index contributed by atoms with van der Waals surface area (Å²) in [6.07, 6.45) is 8.32. The van der Waals surface area contributed by atoms with E-state index in [0.717, 1.165) is 13.1 Å². The summed E-state index contributed by atoms with van der Waals surface area (Å²) in [6, 6.07) is 10.9. The third-order valence-corrected chi connectivity index (χ3v) is 4.72. The van der Waals surface area contributed by atoms with Crippen molar-refractivity contribution in [3.05, 3.63) is 35.9 Å². The molecular formula is C19H32N2. The summed E-state index contributed by atoms with van der Waals surface area (Å²) >= 11 is 0. The predicted octanol–water partition coefficient (Wildman–Crippen LogP) is 4.17. The van der Waals surface area contributed by atoms with Gasteiger partial charge in [0.15, 0.2) is 0 Å². The van der Waals surface area contributed by atoms with Gasteiger partial charge in [-0.3, -0.25) is 4.90 Å². The molecule has 0 aromatic heterocycles. The van der Waals surface area contributed by atoms with Crippen LogP contribution in [-0.4, -0.2) is 31.1 Å². The summed E-state index contributed by atoms with van der Waals surface area (Å²) in [5.74, 6) is 0. The van der Waals surface area contributed by atoms with E-state index in [9.17, 15) is 0 Å². The van der Waals surface area contributed by atoms with Gasteiger partial charge < -0.3 is 5.32 Å². The molecular weight excluding hydrogens is 256 g/mol. The Labute approximate surface area is 130 Å². The zero-order valence-corrected chi connectivity index (χ0v) is 13.9. The van der Waals surface area contributed by atoms with Crippen molar-refractivity contribution in [1.29, 1.82) is 0 Å². The van der Waals surface area contributed by atoms with E-state index in [1.165, 1.54) is 57.2 Å². The van der Waals surface area contributed by atoms with Crippen LogP contribution in [0.15, 0.2) is 30.3 Å². The maximum absolute atomic E-state index is 3.72. The SMILES string of the molecule is CCCCCCCCN1CCNC(C)(c2ccccc2)C1. The second-order valence-electron chi connectivity index (χ2n) is 6.67. The molecule has 1 aromatic rings. The number of rotatable bonds is 8. The van der Waals surface area contributed by atoms with Crippen molar-refractivity contribution in [3.8, 4) is 0 Å². The highest BCUT2D eigenvalue weighted by molar-refractivity contribution is 5.24. The van der Waals surface area contributed by atoms with E-state index in [-0.39, 0.29) is 5.54 Å². The molecule has 1 saturated heterocycles. The molecule has 1 atom stereocenters. The van der Waals surface area contributed by atoms with Crippen molar-refractivity contribution in [3.63, 3.8) is 0 Å². The Morgan fingerprint density at radius 1 is 1.05 bits per heavy atom. The lowest BCUT2D eigenvalue weighted by Crippen LogP contribution is -2.56. The molecule has 2 rings (SSSR count). The molecule has 118 valence electrons. The lowest BCUT2D eigenvalue weighted by atomic mass is 9.89. The molecule has 2 nitrogen and oxygen atoms in total. The van der Waals surface area contributed by atoms with Crippen LogP contribution in [0, 0.1) is 0 Å². The Kier molecular flexibility index (Phi) is 6.72. The molecule has 0 aliphatic carbocycles. The number of piperazine rings is 1. The van der Waals surface area contributed by atoms with Crippen LogP contribution < -0.4 is 5.32 Å². The predicted molar refractivity (Wildman–Crippen MR) is 91.6 cm³/mol. The van der Waals surface area contributed by atoms with Gasteiger partial charge in [0.25, 0.3) is 0 Å². The molecule has 1 aromatic carbocycles. The van der Waals surface area contributed by atoms with Crippen molar-refractivity contribution in [1.82, 2.24) is 10.2 Å². The van der Waals surface area contributed by atoms with Crippen LogP contribution >= 0.6 is 0 Å². The second-order valence-corrected chi connectivity index (χ2v) is 6.67. The molecule has 1 N–H and O–H groups in total. The third kappa shape index (κ3) is 5.12. The number of benzene rings is 1. The van der Waals surface area contributed by atoms with Gasteiger partial charge in [-0.25, -0.2) is 0 Å². The van der Waals surface area contributed by atoms with Crippen molar-refractivity contribution >= 4 is 0 Å². The zero-order valence-electron chi connectivity index (χ0n) is 13.9. The minimum absolute atomic E-state index is 0.113. The molecule has 0 amide bonds. The van der Waals surface area contributed by atoms with Crippen LogP contribution in [0.25, 0.3) is 0 Å². The van der Waals surface area contributed by atoms with Crippen LogP contribution in [0.4, 0.5) is 0 Å². The first-order valence-electron chi connectivity index (χ1n) is 8.77. The van der Waals surface area contributed by atoms with Gasteiger partial charge in [0.2, 0.25) is 0 Å². The Hall–Kier alpha value is -0.860. The van der Waals surface area contributed by atoms with E-state index >= 15 is 0 Å². The summed E-state index contributed by atoms with van der Waals surface area (Å²) in [7, 11) is 0. The van der Waals surface area contributed by atoms with E-state index < -0.39 is 0 Å². The fourth-order valence-electron chi connectivity index (χ4n) is 3.38. The maximum atomic E-state index is 3.72. The fraction of sp³-hybridized carbons (Fsp3) is 0.684. The Balaban J connectivity index is 1.76. The van der Waals surface area contributed by atoms with E-state index in [1.54, 1.807) is 0 Å². The number of nitrogens with zero attached hydrogens (tertiary/aromatic N) is 1. The summed E-state index contributed by atoms with van der Waals surface area (Å²) in [5, 5.41) is 3.72. The average molecular weight is 288 g/mol. The summed E-state index contributed by atoms with van der Waals surface area (Å²) in [4.78, 5) is 2.64. The Morgan fingerprint density at radius 2 is 1.76 bits per heavy atom. The van der Waals surface area contributed by atoms with Crippen molar-refractivity contribution in [2.45, 2.75) is 57.9 Å². The largest absolute Gasteiger partial charge is 0.305 e. The minimum Gasteiger partial charge on any atom is -0.305 e. The van der Waals surface area contributed by atoms with Crippen molar-refractivity contribution in [2.24, 2.45) is 0 Å². The third-order valence-electron chi connectivity index (χ3n) is 4.72. The molecule has 0 bridgehead atoms. The molecule has 0 radical (unpaired) electrons. The first-order valence-corrected chi connectivity index (χ1v) is 8.77. The van der Waals surface area contributed by atoms with Gasteiger partial charge in [-0.05, 0) is 25.5 Å².